The first-order valence-electron chi connectivity index (χ1n) is 21.5. The summed E-state index contributed by atoms with van der Waals surface area (Å²) < 4.78 is 36.0. The predicted octanol–water partition coefficient (Wildman–Crippen LogP) is 6.46. The number of carbonyl (C=O) groups excluding carboxylic acids is 3. The number of allylic oxidation sites excluding steroid dienone is 2. The summed E-state index contributed by atoms with van der Waals surface area (Å²) in [5.41, 5.74) is 2.67. The smallest absolute Gasteiger partial charge is 0.249 e. The van der Waals surface area contributed by atoms with Crippen LogP contribution in [0.15, 0.2) is 73.1 Å². The average Bonchev–Trinajstić information content (AvgIpc) is 3.99. The van der Waals surface area contributed by atoms with Crippen LogP contribution in [-0.2, 0) is 19.1 Å². The maximum Gasteiger partial charge on any atom is 0.249 e. The summed E-state index contributed by atoms with van der Waals surface area (Å²) in [6.07, 6.45) is 17.0. The van der Waals surface area contributed by atoms with Crippen molar-refractivity contribution in [2.75, 3.05) is 53.2 Å². The molecule has 2 aliphatic carbocycles. The monoisotopic (exact) mass is 827 g/mol. The Morgan fingerprint density at radius 1 is 0.917 bits per heavy atom. The molecule has 0 radical (unpaired) electrons. The lowest BCUT2D eigenvalue weighted by Crippen LogP contribution is -2.67. The van der Waals surface area contributed by atoms with Crippen LogP contribution >= 0.6 is 0 Å². The van der Waals surface area contributed by atoms with Gasteiger partial charge in [-0.15, -0.1) is 0 Å². The van der Waals surface area contributed by atoms with Gasteiger partial charge in [-0.05, 0) is 106 Å². The van der Waals surface area contributed by atoms with E-state index in [1.165, 1.54) is 12.3 Å². The molecule has 2 saturated carbocycles. The van der Waals surface area contributed by atoms with Crippen LogP contribution in [0.1, 0.15) is 69.9 Å². The number of aromatic nitrogens is 2. The van der Waals surface area contributed by atoms with E-state index in [9.17, 15) is 14.4 Å². The van der Waals surface area contributed by atoms with Gasteiger partial charge in [0.05, 0.1) is 11.9 Å². The van der Waals surface area contributed by atoms with E-state index < -0.39 is 17.6 Å². The van der Waals surface area contributed by atoms with Gasteiger partial charge in [0.1, 0.15) is 24.2 Å². The third kappa shape index (κ3) is 7.73. The Morgan fingerprint density at radius 3 is 2.45 bits per heavy atom. The summed E-state index contributed by atoms with van der Waals surface area (Å²) in [7, 11) is 0. The number of rotatable bonds is 10. The minimum atomic E-state index is -0.552. The van der Waals surface area contributed by atoms with Crippen molar-refractivity contribution in [2.24, 2.45) is 11.3 Å². The van der Waals surface area contributed by atoms with Gasteiger partial charge in [0.2, 0.25) is 23.7 Å². The number of piperidine rings is 2. The molecule has 5 aliphatic heterocycles. The van der Waals surface area contributed by atoms with E-state index in [1.54, 1.807) is 12.1 Å². The van der Waals surface area contributed by atoms with Gasteiger partial charge in [-0.1, -0.05) is 18.2 Å². The molecule has 0 bridgehead atoms. The largest absolute Gasteiger partial charge is 0.374 e. The van der Waals surface area contributed by atoms with E-state index in [-0.39, 0.29) is 64.8 Å². The van der Waals surface area contributed by atoms with Crippen LogP contribution in [0.2, 0.25) is 0 Å². The molecule has 4 saturated heterocycles. The quantitative estimate of drug-likeness (QED) is 0.132. The molecular weight excluding hydrogens is 769 g/mol. The van der Waals surface area contributed by atoms with E-state index >= 15 is 8.78 Å². The van der Waals surface area contributed by atoms with Crippen molar-refractivity contribution in [1.29, 1.82) is 0 Å². The average molecular weight is 828 g/mol. The number of halogens is 2. The number of hydrogen-bond acceptors (Lipinski definition) is 11. The Bertz CT molecular complexity index is 2240. The van der Waals surface area contributed by atoms with Crippen molar-refractivity contribution in [2.45, 2.75) is 94.1 Å². The third-order valence-corrected chi connectivity index (χ3v) is 13.8. The lowest BCUT2D eigenvalue weighted by molar-refractivity contribution is -0.150. The van der Waals surface area contributed by atoms with Crippen molar-refractivity contribution >= 4 is 40.7 Å². The van der Waals surface area contributed by atoms with Crippen LogP contribution < -0.4 is 31.1 Å². The minimum Gasteiger partial charge on any atom is -0.374 e. The Hall–Kier alpha value is -5.41. The molecule has 3 aromatic rings. The normalized spacial score (nSPS) is 27.7. The molecule has 2 aromatic carbocycles. The van der Waals surface area contributed by atoms with Gasteiger partial charge in [0.15, 0.2) is 11.5 Å². The Balaban J connectivity index is 0.00000170. The molecule has 4 N–H and O–H groups in total. The first kappa shape index (κ1) is 38.8. The summed E-state index contributed by atoms with van der Waals surface area (Å²) in [4.78, 5) is 52.4. The Kier molecular flexibility index (Phi) is 10.1. The number of ether oxygens (including phenoxy) is 1. The number of epoxide rings is 1. The van der Waals surface area contributed by atoms with E-state index in [0.717, 1.165) is 83.2 Å². The molecule has 7 aliphatic rings. The topological polar surface area (TPSA) is 147 Å². The molecule has 6 fully saturated rings. The molecule has 2 spiro atoms. The highest BCUT2D eigenvalue weighted by atomic mass is 19.1. The van der Waals surface area contributed by atoms with Crippen molar-refractivity contribution in [3.63, 3.8) is 0 Å². The molecule has 60 heavy (non-hydrogen) atoms. The second kappa shape index (κ2) is 15.6. The number of likely N-dealkylation sites (tertiary alicyclic amines) is 1. The molecular formula is C45H59F2N9O4. The van der Waals surface area contributed by atoms with Gasteiger partial charge in [0.25, 0.3) is 0 Å². The third-order valence-electron chi connectivity index (χ3n) is 13.8. The molecule has 2 unspecified atom stereocenters. The summed E-state index contributed by atoms with van der Waals surface area (Å²) in [5.74, 6) is -0.828. The number of carbonyl (C=O) groups is 3. The van der Waals surface area contributed by atoms with Gasteiger partial charge in [-0.2, -0.15) is 0 Å². The number of imide groups is 1. The van der Waals surface area contributed by atoms with E-state index in [4.69, 9.17) is 4.74 Å². The number of nitrogens with zero attached hydrogens (tertiary/aromatic N) is 5. The van der Waals surface area contributed by atoms with Crippen molar-refractivity contribution < 1.29 is 33.6 Å². The fourth-order valence-corrected chi connectivity index (χ4v) is 10.3. The van der Waals surface area contributed by atoms with Crippen molar-refractivity contribution in [3.05, 3.63) is 84.7 Å². The number of anilines is 4. The van der Waals surface area contributed by atoms with Gasteiger partial charge >= 0.3 is 0 Å². The van der Waals surface area contributed by atoms with Crippen LogP contribution in [0.25, 0.3) is 11.3 Å². The molecule has 2 atom stereocenters. The maximum atomic E-state index is 15.2. The Morgan fingerprint density at radius 2 is 1.70 bits per heavy atom. The zero-order valence-electron chi connectivity index (χ0n) is 33.5. The van der Waals surface area contributed by atoms with Gasteiger partial charge < -0.3 is 30.5 Å². The van der Waals surface area contributed by atoms with E-state index in [1.807, 2.05) is 53.6 Å². The van der Waals surface area contributed by atoms with Crippen LogP contribution in [0, 0.1) is 23.0 Å². The lowest BCUT2D eigenvalue weighted by atomic mass is 9.57. The second-order valence-electron chi connectivity index (χ2n) is 17.9. The molecule has 3 amide bonds. The fourth-order valence-electron chi connectivity index (χ4n) is 10.3. The van der Waals surface area contributed by atoms with Crippen LogP contribution in [0.5, 0.6) is 0 Å². The highest BCUT2D eigenvalue weighted by Gasteiger charge is 2.55. The maximum absolute atomic E-state index is 15.2. The first-order chi connectivity index (χ1) is 29.1. The van der Waals surface area contributed by atoms with Crippen LogP contribution in [0.3, 0.4) is 0 Å². The van der Waals surface area contributed by atoms with Crippen molar-refractivity contribution in [1.82, 2.24) is 25.5 Å². The number of hydrogen-bond donors (Lipinski definition) is 4. The minimum absolute atomic E-state index is 0. The standard InChI is InChI=1S/C45H51F2N9O4.4H2/c46-35-21-32(49-37-11-13-39(57)52-42(37)59)10-12-38(35)54-18-14-33(15-19-54)55-25-44(26-55)22-29(23-44)41(58)50-30-6-8-31(9-7-30)51-43-48-24-36(47)40(53-43)28-4-3-5-34(20-28)56-17-2-1-16-45(56)27-60-45;;;;/h1-5,10,12,16-17,20-21,24,29-31,33,37,49H,6-9,11,13-15,18-19,22-23,25-27H2,(H,50,58)(H,48,51,53)(H,52,57,59);4*1H. The van der Waals surface area contributed by atoms with Gasteiger partial charge in [-0.3, -0.25) is 24.6 Å². The zero-order chi connectivity index (χ0) is 41.0. The molecule has 13 nitrogen and oxygen atoms in total. The molecule has 15 heteroatoms. The SMILES string of the molecule is O=C1CCC(Nc2ccc(N3CCC(N4CC5(CC(C(=O)NC6CCC(Nc7ncc(F)c(-c8cccc(N9C=CC=CC9%10CO%10)c8)n7)CC6)C5)C4)CC3)c(F)c2)C(=O)N1.[HH].[HH].[HH].[HH]. The fraction of sp³-hybridized carbons (Fsp3) is 0.489. The highest BCUT2D eigenvalue weighted by molar-refractivity contribution is 6.01. The number of benzene rings is 2. The van der Waals surface area contributed by atoms with Gasteiger partial charge in [-0.25, -0.2) is 18.7 Å². The van der Waals surface area contributed by atoms with Crippen molar-refractivity contribution in [3.8, 4) is 11.3 Å². The van der Waals surface area contributed by atoms with Crippen LogP contribution in [-0.4, -0.2) is 95.3 Å². The summed E-state index contributed by atoms with van der Waals surface area (Å²) in [6, 6.07) is 12.8. The predicted molar refractivity (Wildman–Crippen MR) is 231 cm³/mol. The summed E-state index contributed by atoms with van der Waals surface area (Å²) >= 11 is 0. The zero-order valence-corrected chi connectivity index (χ0v) is 33.5. The van der Waals surface area contributed by atoms with E-state index in [2.05, 4.69) is 41.0 Å². The first-order valence-corrected chi connectivity index (χ1v) is 21.5. The van der Waals surface area contributed by atoms with Crippen LogP contribution in [0.4, 0.5) is 31.8 Å². The lowest BCUT2D eigenvalue weighted by Gasteiger charge is -2.61. The number of nitrogens with one attached hydrogen (secondary N) is 4. The Labute approximate surface area is 353 Å². The molecule has 322 valence electrons. The number of amides is 3. The molecule has 10 rings (SSSR count). The summed E-state index contributed by atoms with van der Waals surface area (Å²) in [6.45, 7) is 4.19. The molecule has 6 heterocycles. The summed E-state index contributed by atoms with van der Waals surface area (Å²) in [5, 5.41) is 12.2. The van der Waals surface area contributed by atoms with E-state index in [0.29, 0.717) is 42.0 Å². The molecule has 1 aromatic heterocycles. The van der Waals surface area contributed by atoms with Gasteiger partial charge in [0, 0.05) is 85.5 Å². The second-order valence-corrected chi connectivity index (χ2v) is 17.9. The highest BCUT2D eigenvalue weighted by Crippen LogP contribution is 2.53.